The molecule has 1 N–H and O–H groups in total. The molecule has 2 rings (SSSR count). The summed E-state index contributed by atoms with van der Waals surface area (Å²) in [6.45, 7) is 12.6. The smallest absolute Gasteiger partial charge is 0.0110 e. The van der Waals surface area contributed by atoms with E-state index in [1.165, 1.54) is 78.0 Å². The van der Waals surface area contributed by atoms with E-state index in [4.69, 9.17) is 0 Å². The fraction of sp³-hybridized carbons (Fsp3) is 1.00. The van der Waals surface area contributed by atoms with Gasteiger partial charge in [-0.1, -0.05) is 6.92 Å². The van der Waals surface area contributed by atoms with Crippen LogP contribution >= 0.6 is 0 Å². The highest BCUT2D eigenvalue weighted by Gasteiger charge is 2.18. The third kappa shape index (κ3) is 4.57. The van der Waals surface area contributed by atoms with Crippen LogP contribution < -0.4 is 5.32 Å². The van der Waals surface area contributed by atoms with Crippen LogP contribution in [0.2, 0.25) is 0 Å². The Labute approximate surface area is 107 Å². The zero-order valence-corrected chi connectivity index (χ0v) is 11.5. The summed E-state index contributed by atoms with van der Waals surface area (Å²) < 4.78 is 0. The Balaban J connectivity index is 1.57. The van der Waals surface area contributed by atoms with Gasteiger partial charge >= 0.3 is 0 Å². The standard InChI is InChI=1S/C14H29N3/c1-2-7-16-9-11-17(12-10-16)8-5-14-4-3-6-15-13-14/h14-15H,2-13H2,1H3/t14-/m0/s1. The van der Waals surface area contributed by atoms with E-state index in [2.05, 4.69) is 22.0 Å². The first kappa shape index (κ1) is 13.3. The molecule has 2 saturated heterocycles. The zero-order chi connectivity index (χ0) is 11.9. The zero-order valence-electron chi connectivity index (χ0n) is 11.5. The SMILES string of the molecule is CCCN1CCN(CC[C@@H]2CCCNC2)CC1. The van der Waals surface area contributed by atoms with E-state index in [1.54, 1.807) is 0 Å². The third-order valence-corrected chi connectivity index (χ3v) is 4.26. The van der Waals surface area contributed by atoms with Crippen LogP contribution in [0, 0.1) is 5.92 Å². The number of hydrogen-bond acceptors (Lipinski definition) is 3. The van der Waals surface area contributed by atoms with Crippen molar-refractivity contribution in [3.8, 4) is 0 Å². The van der Waals surface area contributed by atoms with E-state index in [9.17, 15) is 0 Å². The molecule has 2 heterocycles. The molecule has 0 amide bonds. The Morgan fingerprint density at radius 2 is 1.76 bits per heavy atom. The van der Waals surface area contributed by atoms with Crippen LogP contribution in [0.5, 0.6) is 0 Å². The molecule has 0 bridgehead atoms. The van der Waals surface area contributed by atoms with Gasteiger partial charge in [0.05, 0.1) is 0 Å². The molecule has 0 radical (unpaired) electrons. The summed E-state index contributed by atoms with van der Waals surface area (Å²) in [5, 5.41) is 3.52. The van der Waals surface area contributed by atoms with Gasteiger partial charge in [0.15, 0.2) is 0 Å². The molecule has 100 valence electrons. The van der Waals surface area contributed by atoms with E-state index in [0.29, 0.717) is 0 Å². The van der Waals surface area contributed by atoms with E-state index in [-0.39, 0.29) is 0 Å². The maximum absolute atomic E-state index is 3.52. The van der Waals surface area contributed by atoms with Crippen LogP contribution in [0.3, 0.4) is 0 Å². The molecule has 0 aromatic heterocycles. The second kappa shape index (κ2) is 7.34. The number of hydrogen-bond donors (Lipinski definition) is 1. The first-order valence-electron chi connectivity index (χ1n) is 7.54. The van der Waals surface area contributed by atoms with Gasteiger partial charge in [-0.15, -0.1) is 0 Å². The second-order valence-electron chi connectivity index (χ2n) is 5.68. The summed E-state index contributed by atoms with van der Waals surface area (Å²) in [5.74, 6) is 0.942. The predicted molar refractivity (Wildman–Crippen MR) is 73.4 cm³/mol. The molecule has 17 heavy (non-hydrogen) atoms. The highest BCUT2D eigenvalue weighted by Crippen LogP contribution is 2.15. The van der Waals surface area contributed by atoms with Gasteiger partial charge in [0, 0.05) is 26.2 Å². The molecule has 0 saturated carbocycles. The summed E-state index contributed by atoms with van der Waals surface area (Å²) in [7, 11) is 0. The number of rotatable bonds is 5. The van der Waals surface area contributed by atoms with E-state index in [1.807, 2.05) is 0 Å². The van der Waals surface area contributed by atoms with Gasteiger partial charge in [-0.2, -0.15) is 0 Å². The lowest BCUT2D eigenvalue weighted by Crippen LogP contribution is -2.47. The number of piperazine rings is 1. The summed E-state index contributed by atoms with van der Waals surface area (Å²) in [6.07, 6.45) is 5.53. The van der Waals surface area contributed by atoms with Crippen LogP contribution in [-0.2, 0) is 0 Å². The van der Waals surface area contributed by atoms with Crippen molar-refractivity contribution in [2.24, 2.45) is 5.92 Å². The van der Waals surface area contributed by atoms with E-state index in [0.717, 1.165) is 5.92 Å². The van der Waals surface area contributed by atoms with Gasteiger partial charge in [-0.05, 0) is 57.8 Å². The fourth-order valence-corrected chi connectivity index (χ4v) is 3.09. The lowest BCUT2D eigenvalue weighted by atomic mass is 9.96. The van der Waals surface area contributed by atoms with Crippen molar-refractivity contribution < 1.29 is 0 Å². The Morgan fingerprint density at radius 3 is 2.35 bits per heavy atom. The van der Waals surface area contributed by atoms with Crippen LogP contribution in [-0.4, -0.2) is 62.2 Å². The fourth-order valence-electron chi connectivity index (χ4n) is 3.09. The van der Waals surface area contributed by atoms with Crippen molar-refractivity contribution in [2.45, 2.75) is 32.6 Å². The lowest BCUT2D eigenvalue weighted by Gasteiger charge is -2.35. The minimum absolute atomic E-state index is 0.942. The van der Waals surface area contributed by atoms with Crippen molar-refractivity contribution in [3.05, 3.63) is 0 Å². The van der Waals surface area contributed by atoms with Gasteiger partial charge in [0.25, 0.3) is 0 Å². The summed E-state index contributed by atoms with van der Waals surface area (Å²) in [6, 6.07) is 0. The third-order valence-electron chi connectivity index (χ3n) is 4.26. The molecule has 0 unspecified atom stereocenters. The Kier molecular flexibility index (Phi) is 5.75. The average Bonchev–Trinajstić information content (AvgIpc) is 2.40. The summed E-state index contributed by atoms with van der Waals surface area (Å²) in [5.41, 5.74) is 0. The second-order valence-corrected chi connectivity index (χ2v) is 5.68. The number of nitrogens with one attached hydrogen (secondary N) is 1. The molecule has 2 fully saturated rings. The first-order valence-corrected chi connectivity index (χ1v) is 7.54. The molecule has 3 heteroatoms. The minimum Gasteiger partial charge on any atom is -0.316 e. The molecule has 0 aromatic rings. The molecular weight excluding hydrogens is 210 g/mol. The van der Waals surface area contributed by atoms with Gasteiger partial charge in [0.2, 0.25) is 0 Å². The molecular formula is C14H29N3. The maximum Gasteiger partial charge on any atom is 0.0110 e. The van der Waals surface area contributed by atoms with Gasteiger partial charge in [-0.25, -0.2) is 0 Å². The topological polar surface area (TPSA) is 18.5 Å². The number of nitrogens with zero attached hydrogens (tertiary/aromatic N) is 2. The molecule has 2 aliphatic heterocycles. The van der Waals surface area contributed by atoms with Crippen molar-refractivity contribution in [2.75, 3.05) is 52.4 Å². The lowest BCUT2D eigenvalue weighted by molar-refractivity contribution is 0.125. The molecule has 0 aromatic carbocycles. The molecule has 0 aliphatic carbocycles. The quantitative estimate of drug-likeness (QED) is 0.782. The van der Waals surface area contributed by atoms with Crippen molar-refractivity contribution in [1.29, 1.82) is 0 Å². The Morgan fingerprint density at radius 1 is 1.06 bits per heavy atom. The highest BCUT2D eigenvalue weighted by atomic mass is 15.3. The highest BCUT2D eigenvalue weighted by molar-refractivity contribution is 4.75. The average molecular weight is 239 g/mol. The van der Waals surface area contributed by atoms with E-state index < -0.39 is 0 Å². The molecule has 3 nitrogen and oxygen atoms in total. The number of piperidine rings is 1. The van der Waals surface area contributed by atoms with Crippen LogP contribution in [0.4, 0.5) is 0 Å². The van der Waals surface area contributed by atoms with Crippen LogP contribution in [0.15, 0.2) is 0 Å². The predicted octanol–water partition coefficient (Wildman–Crippen LogP) is 1.40. The van der Waals surface area contributed by atoms with Crippen molar-refractivity contribution in [1.82, 2.24) is 15.1 Å². The normalized spacial score (nSPS) is 28.4. The van der Waals surface area contributed by atoms with Crippen LogP contribution in [0.25, 0.3) is 0 Å². The maximum atomic E-state index is 3.52. The van der Waals surface area contributed by atoms with Gasteiger partial charge in [0.1, 0.15) is 0 Å². The Hall–Kier alpha value is -0.120. The van der Waals surface area contributed by atoms with Gasteiger partial charge in [-0.3, -0.25) is 0 Å². The van der Waals surface area contributed by atoms with Crippen LogP contribution in [0.1, 0.15) is 32.6 Å². The summed E-state index contributed by atoms with van der Waals surface area (Å²) >= 11 is 0. The monoisotopic (exact) mass is 239 g/mol. The van der Waals surface area contributed by atoms with Crippen molar-refractivity contribution >= 4 is 0 Å². The van der Waals surface area contributed by atoms with Gasteiger partial charge < -0.3 is 15.1 Å². The van der Waals surface area contributed by atoms with E-state index >= 15 is 0 Å². The molecule has 1 atom stereocenters. The molecule has 2 aliphatic rings. The van der Waals surface area contributed by atoms with Crippen molar-refractivity contribution in [3.63, 3.8) is 0 Å². The largest absolute Gasteiger partial charge is 0.316 e. The molecule has 0 spiro atoms. The first-order chi connectivity index (χ1) is 8.38. The summed E-state index contributed by atoms with van der Waals surface area (Å²) in [4.78, 5) is 5.28. The Bertz CT molecular complexity index is 194. The minimum atomic E-state index is 0.942.